The van der Waals surface area contributed by atoms with Crippen molar-refractivity contribution in [2.24, 2.45) is 5.92 Å². The number of hydrogen-bond donors (Lipinski definition) is 1. The molecule has 0 saturated carbocycles. The van der Waals surface area contributed by atoms with Gasteiger partial charge in [-0.1, -0.05) is 13.8 Å². The summed E-state index contributed by atoms with van der Waals surface area (Å²) in [4.78, 5) is 8.44. The molecule has 0 amide bonds. The molecule has 0 bridgehead atoms. The first-order valence-electron chi connectivity index (χ1n) is 8.30. The van der Waals surface area contributed by atoms with Gasteiger partial charge in [-0.05, 0) is 36.2 Å². The van der Waals surface area contributed by atoms with E-state index in [1.807, 2.05) is 25.3 Å². The monoisotopic (exact) mass is 393 g/mol. The highest BCUT2D eigenvalue weighted by Gasteiger charge is 2.35. The van der Waals surface area contributed by atoms with Gasteiger partial charge in [0.1, 0.15) is 5.75 Å². The predicted molar refractivity (Wildman–Crippen MR) is 100 cm³/mol. The van der Waals surface area contributed by atoms with Crippen LogP contribution < -0.4 is 10.1 Å². The molecule has 4 nitrogen and oxygen atoms in total. The number of halogens is 3. The fraction of sp³-hybridized carbons (Fsp3) is 0.263. The lowest BCUT2D eigenvalue weighted by atomic mass is 10.1. The first-order valence-corrected chi connectivity index (χ1v) is 9.18. The lowest BCUT2D eigenvalue weighted by Gasteiger charge is -2.16. The summed E-state index contributed by atoms with van der Waals surface area (Å²) in [6.45, 7) is 3.98. The van der Waals surface area contributed by atoms with Gasteiger partial charge in [0.05, 0.1) is 17.9 Å². The third kappa shape index (κ3) is 4.97. The molecule has 2 heterocycles. The molecule has 0 unspecified atom stereocenters. The maximum absolute atomic E-state index is 13.4. The number of benzene rings is 1. The van der Waals surface area contributed by atoms with Crippen LogP contribution in [0.4, 0.5) is 24.0 Å². The van der Waals surface area contributed by atoms with Crippen molar-refractivity contribution in [3.8, 4) is 17.0 Å². The zero-order valence-electron chi connectivity index (χ0n) is 14.7. The second-order valence-electron chi connectivity index (χ2n) is 6.32. The molecule has 142 valence electrons. The molecule has 0 aliphatic rings. The number of hydrogen-bond acceptors (Lipinski definition) is 5. The van der Waals surface area contributed by atoms with E-state index in [4.69, 9.17) is 4.74 Å². The normalized spacial score (nSPS) is 11.6. The highest BCUT2D eigenvalue weighted by molar-refractivity contribution is 7.14. The first kappa shape index (κ1) is 19.2. The van der Waals surface area contributed by atoms with E-state index in [2.05, 4.69) is 15.3 Å². The molecule has 3 aromatic rings. The third-order valence-corrected chi connectivity index (χ3v) is 4.33. The van der Waals surface area contributed by atoms with Gasteiger partial charge in [-0.3, -0.25) is 4.98 Å². The van der Waals surface area contributed by atoms with Crippen molar-refractivity contribution in [2.45, 2.75) is 20.0 Å². The smallest absolute Gasteiger partial charge is 0.420 e. The second-order valence-corrected chi connectivity index (χ2v) is 7.18. The number of nitrogens with one attached hydrogen (secondary N) is 1. The average Bonchev–Trinajstić information content (AvgIpc) is 3.09. The molecule has 2 aromatic heterocycles. The Hall–Kier alpha value is -2.61. The van der Waals surface area contributed by atoms with Crippen molar-refractivity contribution in [2.75, 3.05) is 11.9 Å². The van der Waals surface area contributed by atoms with Gasteiger partial charge in [0, 0.05) is 29.0 Å². The predicted octanol–water partition coefficient (Wildman–Crippen LogP) is 6.00. The molecule has 1 aromatic carbocycles. The highest BCUT2D eigenvalue weighted by Crippen LogP contribution is 2.39. The second kappa shape index (κ2) is 7.96. The first-order chi connectivity index (χ1) is 12.8. The summed E-state index contributed by atoms with van der Waals surface area (Å²) in [6.07, 6.45) is -1.16. The van der Waals surface area contributed by atoms with Gasteiger partial charge < -0.3 is 10.1 Å². The number of ether oxygens (including phenoxy) is 1. The van der Waals surface area contributed by atoms with Crippen molar-refractivity contribution in [1.29, 1.82) is 0 Å². The standard InChI is InChI=1S/C19H18F3N3OS/c1-12(2)10-26-17-6-5-14(8-15(17)19(20,21)22)24-18-25-16(11-27-18)13-4-3-7-23-9-13/h3-9,11-12H,10H2,1-2H3,(H,24,25). The van der Waals surface area contributed by atoms with Gasteiger partial charge in [0.15, 0.2) is 5.13 Å². The Balaban J connectivity index is 1.82. The van der Waals surface area contributed by atoms with Gasteiger partial charge >= 0.3 is 6.18 Å². The molecular weight excluding hydrogens is 375 g/mol. The van der Waals surface area contributed by atoms with E-state index in [-0.39, 0.29) is 18.3 Å². The average molecular weight is 393 g/mol. The number of alkyl halides is 3. The van der Waals surface area contributed by atoms with Crippen molar-refractivity contribution >= 4 is 22.2 Å². The number of rotatable bonds is 6. The molecule has 0 atom stereocenters. The quantitative estimate of drug-likeness (QED) is 0.558. The Morgan fingerprint density at radius 3 is 2.70 bits per heavy atom. The molecule has 0 fully saturated rings. The van der Waals surface area contributed by atoms with Gasteiger partial charge in [-0.2, -0.15) is 13.2 Å². The molecule has 8 heteroatoms. The molecule has 0 aliphatic carbocycles. The summed E-state index contributed by atoms with van der Waals surface area (Å²) in [6, 6.07) is 7.60. The molecule has 0 radical (unpaired) electrons. The van der Waals surface area contributed by atoms with Crippen LogP contribution in [0.25, 0.3) is 11.3 Å². The summed E-state index contributed by atoms with van der Waals surface area (Å²) < 4.78 is 45.5. The number of thiazole rings is 1. The maximum atomic E-state index is 13.4. The van der Waals surface area contributed by atoms with E-state index in [1.165, 1.54) is 17.4 Å². The minimum absolute atomic E-state index is 0.130. The number of aromatic nitrogens is 2. The van der Waals surface area contributed by atoms with E-state index in [0.717, 1.165) is 11.6 Å². The highest BCUT2D eigenvalue weighted by atomic mass is 32.1. The summed E-state index contributed by atoms with van der Waals surface area (Å²) >= 11 is 1.31. The molecular formula is C19H18F3N3OS. The minimum atomic E-state index is -4.51. The number of nitrogens with zero attached hydrogens (tertiary/aromatic N) is 2. The van der Waals surface area contributed by atoms with Crippen LogP contribution in [0.15, 0.2) is 48.1 Å². The number of pyridine rings is 1. The van der Waals surface area contributed by atoms with E-state index >= 15 is 0 Å². The van der Waals surface area contributed by atoms with Crippen molar-refractivity contribution in [1.82, 2.24) is 9.97 Å². The summed E-state index contributed by atoms with van der Waals surface area (Å²) in [5.74, 6) is -0.0398. The van der Waals surface area contributed by atoms with Crippen LogP contribution in [0.2, 0.25) is 0 Å². The Labute approximate surface area is 159 Å². The zero-order chi connectivity index (χ0) is 19.4. The maximum Gasteiger partial charge on any atom is 0.420 e. The Morgan fingerprint density at radius 2 is 2.04 bits per heavy atom. The van der Waals surface area contributed by atoms with E-state index in [1.54, 1.807) is 24.5 Å². The van der Waals surface area contributed by atoms with E-state index < -0.39 is 11.7 Å². The minimum Gasteiger partial charge on any atom is -0.493 e. The fourth-order valence-corrected chi connectivity index (χ4v) is 3.05. The Morgan fingerprint density at radius 1 is 1.22 bits per heavy atom. The van der Waals surface area contributed by atoms with Gasteiger partial charge in [0.2, 0.25) is 0 Å². The SMILES string of the molecule is CC(C)COc1ccc(Nc2nc(-c3cccnc3)cs2)cc1C(F)(F)F. The van der Waals surface area contributed by atoms with Crippen molar-refractivity contribution in [3.63, 3.8) is 0 Å². The van der Waals surface area contributed by atoms with Crippen LogP contribution in [0, 0.1) is 5.92 Å². The van der Waals surface area contributed by atoms with Crippen LogP contribution in [0.3, 0.4) is 0 Å². The van der Waals surface area contributed by atoms with Crippen LogP contribution in [-0.4, -0.2) is 16.6 Å². The van der Waals surface area contributed by atoms with Crippen molar-refractivity contribution in [3.05, 3.63) is 53.7 Å². The Kier molecular flexibility index (Phi) is 5.65. The van der Waals surface area contributed by atoms with Gasteiger partial charge in [0.25, 0.3) is 0 Å². The molecule has 0 spiro atoms. The lowest BCUT2D eigenvalue weighted by Crippen LogP contribution is -2.12. The molecule has 0 aliphatic heterocycles. The largest absolute Gasteiger partial charge is 0.493 e. The Bertz CT molecular complexity index is 895. The van der Waals surface area contributed by atoms with Crippen molar-refractivity contribution < 1.29 is 17.9 Å². The number of anilines is 2. The molecule has 1 N–H and O–H groups in total. The fourth-order valence-electron chi connectivity index (χ4n) is 2.31. The lowest BCUT2D eigenvalue weighted by molar-refractivity contribution is -0.139. The molecule has 27 heavy (non-hydrogen) atoms. The summed E-state index contributed by atoms with van der Waals surface area (Å²) in [7, 11) is 0. The third-order valence-electron chi connectivity index (χ3n) is 3.57. The van der Waals surface area contributed by atoms with Gasteiger partial charge in [-0.25, -0.2) is 4.98 Å². The van der Waals surface area contributed by atoms with E-state index in [9.17, 15) is 13.2 Å². The topological polar surface area (TPSA) is 47.0 Å². The molecule has 3 rings (SSSR count). The van der Waals surface area contributed by atoms with Crippen LogP contribution >= 0.6 is 11.3 Å². The summed E-state index contributed by atoms with van der Waals surface area (Å²) in [5.41, 5.74) is 1.04. The molecule has 0 saturated heterocycles. The van der Waals surface area contributed by atoms with Crippen LogP contribution in [-0.2, 0) is 6.18 Å². The van der Waals surface area contributed by atoms with Crippen LogP contribution in [0.1, 0.15) is 19.4 Å². The van der Waals surface area contributed by atoms with Crippen LogP contribution in [0.5, 0.6) is 5.75 Å². The zero-order valence-corrected chi connectivity index (χ0v) is 15.6. The van der Waals surface area contributed by atoms with E-state index in [0.29, 0.717) is 16.5 Å². The van der Waals surface area contributed by atoms with Gasteiger partial charge in [-0.15, -0.1) is 11.3 Å². The summed E-state index contributed by atoms with van der Waals surface area (Å²) in [5, 5.41) is 5.25.